The first kappa shape index (κ1) is 14.0. The maximum Gasteiger partial charge on any atom is 0.124 e. The van der Waals surface area contributed by atoms with Crippen LogP contribution in [0.1, 0.15) is 23.1 Å². The summed E-state index contributed by atoms with van der Waals surface area (Å²) in [5, 5.41) is 0. The number of hydrogen-bond acceptors (Lipinski definition) is 2. The number of rotatable bonds is 3. The summed E-state index contributed by atoms with van der Waals surface area (Å²) in [5.74, 6) is -0.291. The number of nitrogens with zero attached hydrogens (tertiary/aromatic N) is 1. The zero-order valence-corrected chi connectivity index (χ0v) is 12.5. The van der Waals surface area contributed by atoms with Crippen molar-refractivity contribution in [2.24, 2.45) is 5.73 Å². The monoisotopic (exact) mass is 300 g/mol. The third-order valence-electron chi connectivity index (χ3n) is 3.82. The van der Waals surface area contributed by atoms with Gasteiger partial charge in [-0.3, -0.25) is 0 Å². The first-order valence-corrected chi connectivity index (χ1v) is 7.46. The number of thiocarbonyl (C=S) groups is 1. The SMILES string of the molecule is NC(=S)c1cc(F)cc(CN2CCCc3ccccc32)c1. The lowest BCUT2D eigenvalue weighted by atomic mass is 10.0. The molecule has 2 nitrogen and oxygen atoms in total. The lowest BCUT2D eigenvalue weighted by Gasteiger charge is -2.31. The van der Waals surface area contributed by atoms with Gasteiger partial charge in [0.25, 0.3) is 0 Å². The maximum absolute atomic E-state index is 13.7. The normalized spacial score (nSPS) is 13.9. The molecule has 0 fully saturated rings. The molecule has 1 aliphatic heterocycles. The van der Waals surface area contributed by atoms with Gasteiger partial charge in [0, 0.05) is 24.3 Å². The Hall–Kier alpha value is -1.94. The molecule has 0 saturated heterocycles. The van der Waals surface area contributed by atoms with Gasteiger partial charge in [0.05, 0.1) is 0 Å². The van der Waals surface area contributed by atoms with E-state index in [0.29, 0.717) is 12.1 Å². The Labute approximate surface area is 129 Å². The highest BCUT2D eigenvalue weighted by Crippen LogP contribution is 2.28. The second-order valence-corrected chi connectivity index (χ2v) is 5.81. The van der Waals surface area contributed by atoms with Gasteiger partial charge in [-0.2, -0.15) is 0 Å². The van der Waals surface area contributed by atoms with Crippen molar-refractivity contribution in [3.8, 4) is 0 Å². The molecule has 3 rings (SSSR count). The molecule has 0 bridgehead atoms. The minimum absolute atomic E-state index is 0.231. The highest BCUT2D eigenvalue weighted by molar-refractivity contribution is 7.80. The van der Waals surface area contributed by atoms with Crippen molar-refractivity contribution >= 4 is 22.9 Å². The van der Waals surface area contributed by atoms with Gasteiger partial charge in [-0.25, -0.2) is 4.39 Å². The minimum atomic E-state index is -0.291. The van der Waals surface area contributed by atoms with Crippen molar-refractivity contribution in [2.45, 2.75) is 19.4 Å². The van der Waals surface area contributed by atoms with Crippen LogP contribution < -0.4 is 10.6 Å². The Kier molecular flexibility index (Phi) is 3.88. The zero-order chi connectivity index (χ0) is 14.8. The number of benzene rings is 2. The molecule has 1 heterocycles. The van der Waals surface area contributed by atoms with Gasteiger partial charge >= 0.3 is 0 Å². The fourth-order valence-corrected chi connectivity index (χ4v) is 3.00. The number of halogens is 1. The quantitative estimate of drug-likeness (QED) is 0.881. The fourth-order valence-electron chi connectivity index (χ4n) is 2.88. The molecule has 0 spiro atoms. The molecule has 0 aromatic heterocycles. The first-order chi connectivity index (χ1) is 10.1. The van der Waals surface area contributed by atoms with E-state index in [1.807, 2.05) is 12.1 Å². The van der Waals surface area contributed by atoms with Crippen LogP contribution in [0.3, 0.4) is 0 Å². The van der Waals surface area contributed by atoms with Crippen LogP contribution in [0.4, 0.5) is 10.1 Å². The van der Waals surface area contributed by atoms with Crippen LogP contribution in [0.25, 0.3) is 0 Å². The molecular weight excluding hydrogens is 283 g/mol. The third kappa shape index (κ3) is 3.05. The lowest BCUT2D eigenvalue weighted by molar-refractivity contribution is 0.622. The number of aryl methyl sites for hydroxylation is 1. The van der Waals surface area contributed by atoms with Crippen molar-refractivity contribution in [1.82, 2.24) is 0 Å². The molecule has 0 unspecified atom stereocenters. The number of anilines is 1. The Balaban J connectivity index is 1.90. The Morgan fingerprint density at radius 2 is 2.05 bits per heavy atom. The molecule has 0 saturated carbocycles. The zero-order valence-electron chi connectivity index (χ0n) is 11.7. The van der Waals surface area contributed by atoms with E-state index < -0.39 is 0 Å². The predicted octanol–water partition coefficient (Wildman–Crippen LogP) is 3.41. The van der Waals surface area contributed by atoms with Crippen LogP contribution in [0.5, 0.6) is 0 Å². The van der Waals surface area contributed by atoms with Crippen molar-refractivity contribution in [3.63, 3.8) is 0 Å². The molecule has 4 heteroatoms. The molecular formula is C17H17FN2S. The molecule has 0 radical (unpaired) electrons. The van der Waals surface area contributed by atoms with E-state index in [1.54, 1.807) is 6.07 Å². The van der Waals surface area contributed by atoms with Crippen LogP contribution in [0.15, 0.2) is 42.5 Å². The smallest absolute Gasteiger partial charge is 0.124 e. The third-order valence-corrected chi connectivity index (χ3v) is 4.06. The summed E-state index contributed by atoms with van der Waals surface area (Å²) in [4.78, 5) is 2.52. The fraction of sp³-hybridized carbons (Fsp3) is 0.235. The summed E-state index contributed by atoms with van der Waals surface area (Å²) in [6, 6.07) is 13.2. The maximum atomic E-state index is 13.7. The van der Waals surface area contributed by atoms with E-state index in [4.69, 9.17) is 18.0 Å². The van der Waals surface area contributed by atoms with Gasteiger partial charge in [0.1, 0.15) is 10.8 Å². The second-order valence-electron chi connectivity index (χ2n) is 5.37. The standard InChI is InChI=1S/C17H17FN2S/c18-15-9-12(8-14(10-15)17(19)21)11-20-7-3-5-13-4-1-2-6-16(13)20/h1-2,4,6,8-10H,3,5,7,11H2,(H2,19,21). The van der Waals surface area contributed by atoms with Crippen LogP contribution in [0.2, 0.25) is 0 Å². The highest BCUT2D eigenvalue weighted by atomic mass is 32.1. The topological polar surface area (TPSA) is 29.3 Å². The Bertz CT molecular complexity index is 684. The van der Waals surface area contributed by atoms with E-state index >= 15 is 0 Å². The molecule has 2 aromatic carbocycles. The number of para-hydroxylation sites is 1. The summed E-state index contributed by atoms with van der Waals surface area (Å²) in [6.45, 7) is 1.65. The summed E-state index contributed by atoms with van der Waals surface area (Å²) in [5.41, 5.74) is 9.70. The highest BCUT2D eigenvalue weighted by Gasteiger charge is 2.16. The Morgan fingerprint density at radius 1 is 1.24 bits per heavy atom. The lowest BCUT2D eigenvalue weighted by Crippen LogP contribution is -2.28. The second kappa shape index (κ2) is 5.82. The molecule has 108 valence electrons. The first-order valence-electron chi connectivity index (χ1n) is 7.05. The summed E-state index contributed by atoms with van der Waals surface area (Å²) in [6.07, 6.45) is 2.22. The van der Waals surface area contributed by atoms with Crippen molar-refractivity contribution in [3.05, 3.63) is 65.0 Å². The van der Waals surface area contributed by atoms with Crippen LogP contribution >= 0.6 is 12.2 Å². The van der Waals surface area contributed by atoms with E-state index in [9.17, 15) is 4.39 Å². The Morgan fingerprint density at radius 3 is 2.86 bits per heavy atom. The van der Waals surface area contributed by atoms with Crippen molar-refractivity contribution in [2.75, 3.05) is 11.4 Å². The average molecular weight is 300 g/mol. The molecule has 0 aliphatic carbocycles. The van der Waals surface area contributed by atoms with E-state index in [1.165, 1.54) is 17.3 Å². The number of fused-ring (bicyclic) bond motifs is 1. The van der Waals surface area contributed by atoms with E-state index in [0.717, 1.165) is 24.9 Å². The van der Waals surface area contributed by atoms with Gasteiger partial charge in [-0.15, -0.1) is 0 Å². The average Bonchev–Trinajstić information content (AvgIpc) is 2.47. The van der Waals surface area contributed by atoms with Crippen molar-refractivity contribution in [1.29, 1.82) is 0 Å². The van der Waals surface area contributed by atoms with E-state index in [-0.39, 0.29) is 10.8 Å². The van der Waals surface area contributed by atoms with Crippen LogP contribution in [-0.4, -0.2) is 11.5 Å². The molecule has 0 atom stereocenters. The molecule has 1 aliphatic rings. The molecule has 2 N–H and O–H groups in total. The van der Waals surface area contributed by atoms with Gasteiger partial charge in [0.15, 0.2) is 0 Å². The van der Waals surface area contributed by atoms with Gasteiger partial charge in [-0.1, -0.05) is 30.4 Å². The largest absolute Gasteiger partial charge is 0.389 e. The van der Waals surface area contributed by atoms with Crippen molar-refractivity contribution < 1.29 is 4.39 Å². The summed E-state index contributed by atoms with van der Waals surface area (Å²) >= 11 is 4.95. The minimum Gasteiger partial charge on any atom is -0.389 e. The van der Waals surface area contributed by atoms with Gasteiger partial charge in [-0.05, 0) is 48.2 Å². The van der Waals surface area contributed by atoms with Crippen LogP contribution in [0, 0.1) is 5.82 Å². The predicted molar refractivity (Wildman–Crippen MR) is 88.1 cm³/mol. The number of nitrogens with two attached hydrogens (primary N) is 1. The summed E-state index contributed by atoms with van der Waals surface area (Å²) in [7, 11) is 0. The molecule has 2 aromatic rings. The van der Waals surface area contributed by atoms with Gasteiger partial charge < -0.3 is 10.6 Å². The molecule has 21 heavy (non-hydrogen) atoms. The number of hydrogen-bond donors (Lipinski definition) is 1. The molecule has 0 amide bonds. The van der Waals surface area contributed by atoms with E-state index in [2.05, 4.69) is 23.1 Å². The van der Waals surface area contributed by atoms with Crippen LogP contribution in [-0.2, 0) is 13.0 Å². The van der Waals surface area contributed by atoms with Gasteiger partial charge in [0.2, 0.25) is 0 Å². The summed E-state index contributed by atoms with van der Waals surface area (Å²) < 4.78 is 13.7.